The molecule has 2 unspecified atom stereocenters. The lowest BCUT2D eigenvalue weighted by molar-refractivity contribution is 0.139. The lowest BCUT2D eigenvalue weighted by atomic mass is 9.95. The number of hydrogen-bond donors (Lipinski definition) is 1. The molecule has 1 aliphatic carbocycles. The van der Waals surface area contributed by atoms with Crippen LogP contribution in [0.15, 0.2) is 0 Å². The average Bonchev–Trinajstić information content (AvgIpc) is 2.88. The summed E-state index contributed by atoms with van der Waals surface area (Å²) >= 11 is 0. The second-order valence-corrected chi connectivity index (χ2v) is 5.42. The minimum Gasteiger partial charge on any atom is -0.330 e. The van der Waals surface area contributed by atoms with E-state index in [4.69, 9.17) is 5.73 Å². The van der Waals surface area contributed by atoms with Crippen molar-refractivity contribution < 1.29 is 0 Å². The summed E-state index contributed by atoms with van der Waals surface area (Å²) < 4.78 is 0. The summed E-state index contributed by atoms with van der Waals surface area (Å²) in [5.41, 5.74) is 5.67. The first-order valence-electron chi connectivity index (χ1n) is 6.78. The van der Waals surface area contributed by atoms with Crippen molar-refractivity contribution in [2.45, 2.75) is 64.0 Å². The fourth-order valence-corrected chi connectivity index (χ4v) is 3.62. The van der Waals surface area contributed by atoms with Crippen LogP contribution in [0.4, 0.5) is 0 Å². The number of rotatable bonds is 4. The van der Waals surface area contributed by atoms with Gasteiger partial charge in [0.05, 0.1) is 0 Å². The van der Waals surface area contributed by atoms with E-state index >= 15 is 0 Å². The van der Waals surface area contributed by atoms with Crippen LogP contribution >= 0.6 is 0 Å². The predicted molar refractivity (Wildman–Crippen MR) is 64.8 cm³/mol. The lowest BCUT2D eigenvalue weighted by Gasteiger charge is -2.34. The Kier molecular flexibility index (Phi) is 4.04. The van der Waals surface area contributed by atoms with Crippen molar-refractivity contribution in [3.8, 4) is 0 Å². The summed E-state index contributed by atoms with van der Waals surface area (Å²) in [6.07, 6.45) is 9.94. The second kappa shape index (κ2) is 5.31. The molecular weight excluding hydrogens is 184 g/mol. The van der Waals surface area contributed by atoms with Gasteiger partial charge in [-0.25, -0.2) is 0 Å². The summed E-state index contributed by atoms with van der Waals surface area (Å²) in [6.45, 7) is 4.53. The Morgan fingerprint density at radius 2 is 1.93 bits per heavy atom. The molecule has 2 heteroatoms. The summed E-state index contributed by atoms with van der Waals surface area (Å²) in [4.78, 5) is 2.75. The van der Waals surface area contributed by atoms with Crippen molar-refractivity contribution in [1.29, 1.82) is 0 Å². The van der Waals surface area contributed by atoms with Crippen LogP contribution in [-0.4, -0.2) is 30.1 Å². The standard InChI is InChI=1S/C13H26N2/c1-11(8-9-14)15-10-4-7-13(15)12-5-2-3-6-12/h11-13H,2-10,14H2,1H3. The Labute approximate surface area is 94.2 Å². The average molecular weight is 210 g/mol. The molecule has 2 nitrogen and oxygen atoms in total. The van der Waals surface area contributed by atoms with Gasteiger partial charge in [0.1, 0.15) is 0 Å². The van der Waals surface area contributed by atoms with Crippen LogP contribution in [0.3, 0.4) is 0 Å². The highest BCUT2D eigenvalue weighted by molar-refractivity contribution is 4.89. The van der Waals surface area contributed by atoms with E-state index < -0.39 is 0 Å². The van der Waals surface area contributed by atoms with E-state index in [1.807, 2.05) is 0 Å². The zero-order valence-corrected chi connectivity index (χ0v) is 10.1. The first kappa shape index (κ1) is 11.4. The maximum Gasteiger partial charge on any atom is 0.0127 e. The number of nitrogens with two attached hydrogens (primary N) is 1. The summed E-state index contributed by atoms with van der Waals surface area (Å²) in [5, 5.41) is 0. The van der Waals surface area contributed by atoms with Gasteiger partial charge in [-0.3, -0.25) is 4.90 Å². The molecule has 0 aromatic heterocycles. The SMILES string of the molecule is CC(CCN)N1CCCC1C1CCCC1. The van der Waals surface area contributed by atoms with Crippen molar-refractivity contribution in [2.75, 3.05) is 13.1 Å². The molecule has 2 fully saturated rings. The van der Waals surface area contributed by atoms with Crippen LogP contribution in [-0.2, 0) is 0 Å². The zero-order chi connectivity index (χ0) is 10.7. The van der Waals surface area contributed by atoms with Gasteiger partial charge < -0.3 is 5.73 Å². The molecule has 0 aromatic carbocycles. The first-order chi connectivity index (χ1) is 7.33. The highest BCUT2D eigenvalue weighted by Gasteiger charge is 2.34. The third-order valence-electron chi connectivity index (χ3n) is 4.44. The van der Waals surface area contributed by atoms with Crippen LogP contribution in [0.5, 0.6) is 0 Å². The third-order valence-corrected chi connectivity index (χ3v) is 4.44. The quantitative estimate of drug-likeness (QED) is 0.772. The molecule has 2 rings (SSSR count). The Hall–Kier alpha value is -0.0800. The van der Waals surface area contributed by atoms with E-state index in [2.05, 4.69) is 11.8 Å². The van der Waals surface area contributed by atoms with Crippen LogP contribution < -0.4 is 5.73 Å². The van der Waals surface area contributed by atoms with E-state index in [-0.39, 0.29) is 0 Å². The minimum absolute atomic E-state index is 0.711. The van der Waals surface area contributed by atoms with Gasteiger partial charge >= 0.3 is 0 Å². The predicted octanol–water partition coefficient (Wildman–Crippen LogP) is 2.38. The number of likely N-dealkylation sites (tertiary alicyclic amines) is 1. The van der Waals surface area contributed by atoms with Crippen molar-refractivity contribution in [3.05, 3.63) is 0 Å². The van der Waals surface area contributed by atoms with Gasteiger partial charge in [-0.05, 0) is 58.0 Å². The van der Waals surface area contributed by atoms with Crippen molar-refractivity contribution in [1.82, 2.24) is 4.90 Å². The van der Waals surface area contributed by atoms with Crippen molar-refractivity contribution in [3.63, 3.8) is 0 Å². The summed E-state index contributed by atoms with van der Waals surface area (Å²) in [6, 6.07) is 1.61. The summed E-state index contributed by atoms with van der Waals surface area (Å²) in [7, 11) is 0. The third kappa shape index (κ3) is 2.54. The molecule has 1 saturated carbocycles. The molecule has 0 bridgehead atoms. The first-order valence-corrected chi connectivity index (χ1v) is 6.78. The largest absolute Gasteiger partial charge is 0.330 e. The Morgan fingerprint density at radius 3 is 2.60 bits per heavy atom. The van der Waals surface area contributed by atoms with E-state index in [1.165, 1.54) is 51.5 Å². The lowest BCUT2D eigenvalue weighted by Crippen LogP contribution is -2.41. The molecule has 1 aliphatic heterocycles. The Morgan fingerprint density at radius 1 is 1.20 bits per heavy atom. The highest BCUT2D eigenvalue weighted by atomic mass is 15.2. The fourth-order valence-electron chi connectivity index (χ4n) is 3.62. The van der Waals surface area contributed by atoms with Gasteiger partial charge in [-0.2, -0.15) is 0 Å². The maximum atomic E-state index is 5.67. The number of nitrogens with zero attached hydrogens (tertiary/aromatic N) is 1. The molecule has 0 spiro atoms. The zero-order valence-electron chi connectivity index (χ0n) is 10.1. The summed E-state index contributed by atoms with van der Waals surface area (Å²) in [5.74, 6) is 1.01. The van der Waals surface area contributed by atoms with Crippen LogP contribution in [0.2, 0.25) is 0 Å². The van der Waals surface area contributed by atoms with Gasteiger partial charge in [0.15, 0.2) is 0 Å². The fraction of sp³-hybridized carbons (Fsp3) is 1.00. The normalized spacial score (nSPS) is 31.2. The molecule has 1 saturated heterocycles. The van der Waals surface area contributed by atoms with Crippen LogP contribution in [0.1, 0.15) is 51.9 Å². The molecule has 0 aromatic rings. The molecule has 0 amide bonds. The second-order valence-electron chi connectivity index (χ2n) is 5.42. The van der Waals surface area contributed by atoms with Crippen LogP contribution in [0, 0.1) is 5.92 Å². The van der Waals surface area contributed by atoms with E-state index in [0.717, 1.165) is 18.5 Å². The molecule has 88 valence electrons. The molecular formula is C13H26N2. The van der Waals surface area contributed by atoms with Crippen molar-refractivity contribution in [2.24, 2.45) is 11.7 Å². The highest BCUT2D eigenvalue weighted by Crippen LogP contribution is 2.36. The van der Waals surface area contributed by atoms with Gasteiger partial charge in [-0.15, -0.1) is 0 Å². The van der Waals surface area contributed by atoms with Gasteiger partial charge in [-0.1, -0.05) is 12.8 Å². The van der Waals surface area contributed by atoms with E-state index in [9.17, 15) is 0 Å². The molecule has 2 aliphatic rings. The molecule has 2 atom stereocenters. The Balaban J connectivity index is 1.91. The van der Waals surface area contributed by atoms with Crippen LogP contribution in [0.25, 0.3) is 0 Å². The topological polar surface area (TPSA) is 29.3 Å². The van der Waals surface area contributed by atoms with E-state index in [0.29, 0.717) is 6.04 Å². The molecule has 15 heavy (non-hydrogen) atoms. The molecule has 0 radical (unpaired) electrons. The maximum absolute atomic E-state index is 5.67. The minimum atomic E-state index is 0.711. The van der Waals surface area contributed by atoms with Gasteiger partial charge in [0.25, 0.3) is 0 Å². The van der Waals surface area contributed by atoms with E-state index in [1.54, 1.807) is 0 Å². The van der Waals surface area contributed by atoms with Gasteiger partial charge in [0, 0.05) is 12.1 Å². The number of hydrogen-bond acceptors (Lipinski definition) is 2. The molecule has 2 N–H and O–H groups in total. The monoisotopic (exact) mass is 210 g/mol. The molecule has 1 heterocycles. The van der Waals surface area contributed by atoms with Gasteiger partial charge in [0.2, 0.25) is 0 Å². The van der Waals surface area contributed by atoms with Crippen molar-refractivity contribution >= 4 is 0 Å². The Bertz CT molecular complexity index is 187. The smallest absolute Gasteiger partial charge is 0.0127 e.